The van der Waals surface area contributed by atoms with E-state index >= 15 is 0 Å². The van der Waals surface area contributed by atoms with E-state index in [0.29, 0.717) is 0 Å². The number of hydrogen-bond donors (Lipinski definition) is 0. The van der Waals surface area contributed by atoms with Gasteiger partial charge in [0.2, 0.25) is 0 Å². The summed E-state index contributed by atoms with van der Waals surface area (Å²) >= 11 is 4.04. The van der Waals surface area contributed by atoms with E-state index in [-0.39, 0.29) is 0 Å². The number of rotatable bonds is 3. The summed E-state index contributed by atoms with van der Waals surface area (Å²) in [5.74, 6) is 1.42. The zero-order valence-corrected chi connectivity index (χ0v) is 8.21. The molecule has 2 unspecified atom stereocenters. The van der Waals surface area contributed by atoms with Crippen LogP contribution in [-0.2, 0) is 0 Å². The first-order chi connectivity index (χ1) is 3.83. The molecule has 2 atom stereocenters. The van der Waals surface area contributed by atoms with Gasteiger partial charge in [-0.1, -0.05) is 0 Å². The Bertz CT molecular complexity index is 70.9. The molecule has 0 N–H and O–H groups in total. The SMILES string of the molecule is [CH2]CC([TeH])CC1CS1. The molecule has 0 spiro atoms. The summed E-state index contributed by atoms with van der Waals surface area (Å²) in [6.07, 6.45) is 2.55. The van der Waals surface area contributed by atoms with Gasteiger partial charge < -0.3 is 0 Å². The molecule has 47 valence electrons. The van der Waals surface area contributed by atoms with Crippen LogP contribution in [0.4, 0.5) is 0 Å². The predicted molar refractivity (Wildman–Crippen MR) is 41.7 cm³/mol. The summed E-state index contributed by atoms with van der Waals surface area (Å²) in [5.41, 5.74) is 0. The van der Waals surface area contributed by atoms with E-state index in [1.165, 1.54) is 12.2 Å². The molecule has 1 aliphatic heterocycles. The standard InChI is InChI=1S/C6H11STe/c1-2-6(8)3-5-4-7-5/h5-6,8H,1-4H2. The van der Waals surface area contributed by atoms with Crippen LogP contribution in [0.25, 0.3) is 0 Å². The Balaban J connectivity index is 1.98. The zero-order valence-electron chi connectivity index (χ0n) is 4.84. The maximum absolute atomic E-state index is 3.87. The minimum atomic E-state index is 0.906. The van der Waals surface area contributed by atoms with Crippen LogP contribution in [0.3, 0.4) is 0 Å². The fourth-order valence-electron chi connectivity index (χ4n) is 0.625. The average molecular weight is 243 g/mol. The Kier molecular flexibility index (Phi) is 3.03. The van der Waals surface area contributed by atoms with Crippen LogP contribution in [0, 0.1) is 6.92 Å². The van der Waals surface area contributed by atoms with E-state index in [2.05, 4.69) is 18.7 Å². The molecule has 1 radical (unpaired) electrons. The molecule has 0 nitrogen and oxygen atoms in total. The second kappa shape index (κ2) is 3.34. The van der Waals surface area contributed by atoms with Crippen molar-refractivity contribution in [3.8, 4) is 0 Å². The second-order valence-electron chi connectivity index (χ2n) is 2.13. The first kappa shape index (κ1) is 7.25. The van der Waals surface area contributed by atoms with Crippen LogP contribution >= 0.6 is 11.8 Å². The summed E-state index contributed by atoms with van der Waals surface area (Å²) in [6, 6.07) is 0. The van der Waals surface area contributed by atoms with Crippen molar-refractivity contribution >= 4 is 34.1 Å². The molecular weight excluding hydrogens is 232 g/mol. The van der Waals surface area contributed by atoms with E-state index in [9.17, 15) is 0 Å². The molecule has 0 bridgehead atoms. The molecule has 0 aromatic heterocycles. The maximum atomic E-state index is 3.87. The first-order valence-corrected chi connectivity index (χ1v) is 5.44. The van der Waals surface area contributed by atoms with Crippen molar-refractivity contribution < 1.29 is 0 Å². The van der Waals surface area contributed by atoms with Gasteiger partial charge in [-0.05, 0) is 0 Å². The van der Waals surface area contributed by atoms with Crippen molar-refractivity contribution in [3.63, 3.8) is 0 Å². The summed E-state index contributed by atoms with van der Waals surface area (Å²) in [5, 5.41) is 1.02. The van der Waals surface area contributed by atoms with Gasteiger partial charge in [0.25, 0.3) is 0 Å². The third-order valence-corrected chi connectivity index (χ3v) is 3.61. The molecule has 1 saturated heterocycles. The topological polar surface area (TPSA) is 0 Å². The van der Waals surface area contributed by atoms with Crippen molar-refractivity contribution in [3.05, 3.63) is 6.92 Å². The minimum absolute atomic E-state index is 0.906. The van der Waals surface area contributed by atoms with Crippen LogP contribution in [0.2, 0.25) is 3.97 Å². The van der Waals surface area contributed by atoms with Crippen molar-refractivity contribution in [1.82, 2.24) is 0 Å². The van der Waals surface area contributed by atoms with Crippen LogP contribution in [0.15, 0.2) is 0 Å². The molecular formula is C6H11STe. The fraction of sp³-hybridized carbons (Fsp3) is 0.833. The molecule has 2 heteroatoms. The van der Waals surface area contributed by atoms with Crippen molar-refractivity contribution in [2.24, 2.45) is 0 Å². The van der Waals surface area contributed by atoms with Crippen molar-refractivity contribution in [2.45, 2.75) is 22.1 Å². The molecule has 0 aromatic rings. The van der Waals surface area contributed by atoms with Gasteiger partial charge in [-0.3, -0.25) is 0 Å². The summed E-state index contributed by atoms with van der Waals surface area (Å²) < 4.78 is 0.906. The molecule has 1 heterocycles. The van der Waals surface area contributed by atoms with E-state index in [1.807, 2.05) is 22.3 Å². The van der Waals surface area contributed by atoms with Gasteiger partial charge in [-0.25, -0.2) is 0 Å². The van der Waals surface area contributed by atoms with E-state index < -0.39 is 0 Å². The zero-order chi connectivity index (χ0) is 5.98. The summed E-state index contributed by atoms with van der Waals surface area (Å²) in [7, 11) is 0. The van der Waals surface area contributed by atoms with Gasteiger partial charge in [0, 0.05) is 0 Å². The third kappa shape index (κ3) is 2.62. The van der Waals surface area contributed by atoms with Gasteiger partial charge in [0.05, 0.1) is 0 Å². The van der Waals surface area contributed by atoms with Gasteiger partial charge in [0.15, 0.2) is 0 Å². The van der Waals surface area contributed by atoms with Gasteiger partial charge in [-0.2, -0.15) is 0 Å². The Morgan fingerprint density at radius 2 is 2.50 bits per heavy atom. The van der Waals surface area contributed by atoms with Crippen LogP contribution in [0.1, 0.15) is 12.8 Å². The Hall–Kier alpha value is 1.14. The van der Waals surface area contributed by atoms with Crippen LogP contribution in [-0.4, -0.2) is 33.3 Å². The van der Waals surface area contributed by atoms with E-state index in [1.54, 1.807) is 0 Å². The molecule has 0 aromatic carbocycles. The molecule has 1 aliphatic rings. The second-order valence-corrected chi connectivity index (χ2v) is 5.55. The molecule has 0 aliphatic carbocycles. The molecule has 1 fully saturated rings. The Labute approximate surface area is 68.7 Å². The predicted octanol–water partition coefficient (Wildman–Crippen LogP) is 1.41. The molecule has 1 rings (SSSR count). The quantitative estimate of drug-likeness (QED) is 0.533. The monoisotopic (exact) mass is 245 g/mol. The fourth-order valence-corrected chi connectivity index (χ4v) is 2.42. The van der Waals surface area contributed by atoms with Gasteiger partial charge in [-0.15, -0.1) is 0 Å². The number of thioether (sulfide) groups is 1. The van der Waals surface area contributed by atoms with E-state index in [0.717, 1.165) is 15.6 Å². The third-order valence-electron chi connectivity index (χ3n) is 1.27. The van der Waals surface area contributed by atoms with Crippen LogP contribution < -0.4 is 0 Å². The Morgan fingerprint density at radius 3 is 2.88 bits per heavy atom. The molecule has 0 amide bonds. The average Bonchev–Trinajstić information content (AvgIpc) is 2.50. The summed E-state index contributed by atoms with van der Waals surface area (Å²) in [6.45, 7) is 3.87. The number of hydrogen-bond acceptors (Lipinski definition) is 1. The molecule has 8 heavy (non-hydrogen) atoms. The van der Waals surface area contributed by atoms with Gasteiger partial charge >= 0.3 is 68.8 Å². The summed E-state index contributed by atoms with van der Waals surface area (Å²) in [4.78, 5) is 0. The molecule has 0 saturated carbocycles. The van der Waals surface area contributed by atoms with Gasteiger partial charge in [0.1, 0.15) is 0 Å². The van der Waals surface area contributed by atoms with Crippen LogP contribution in [0.5, 0.6) is 0 Å². The van der Waals surface area contributed by atoms with E-state index in [4.69, 9.17) is 0 Å². The Morgan fingerprint density at radius 1 is 1.88 bits per heavy atom. The normalized spacial score (nSPS) is 30.0. The van der Waals surface area contributed by atoms with Crippen molar-refractivity contribution in [2.75, 3.05) is 5.75 Å². The first-order valence-electron chi connectivity index (χ1n) is 2.92. The van der Waals surface area contributed by atoms with Crippen molar-refractivity contribution in [1.29, 1.82) is 0 Å².